The third kappa shape index (κ3) is 11.7. The summed E-state index contributed by atoms with van der Waals surface area (Å²) < 4.78 is 53.3. The van der Waals surface area contributed by atoms with Gasteiger partial charge in [-0.1, -0.05) is 169 Å². The van der Waals surface area contributed by atoms with E-state index in [1.54, 1.807) is 24.3 Å². The van der Waals surface area contributed by atoms with Gasteiger partial charge >= 0.3 is 0 Å². The summed E-state index contributed by atoms with van der Waals surface area (Å²) in [6, 6.07) is 51.6. The van der Waals surface area contributed by atoms with Crippen LogP contribution in [0.3, 0.4) is 0 Å². The van der Waals surface area contributed by atoms with Gasteiger partial charge in [-0.15, -0.1) is 0 Å². The zero-order valence-electron chi connectivity index (χ0n) is 38.3. The Labute approximate surface area is 406 Å². The topological polar surface area (TPSA) is 180 Å². The molecule has 9 rings (SSSR count). The molecule has 70 heavy (non-hydrogen) atoms. The van der Waals surface area contributed by atoms with Gasteiger partial charge < -0.3 is 43.0 Å². The lowest BCUT2D eigenvalue weighted by molar-refractivity contribution is -0.341. The summed E-state index contributed by atoms with van der Waals surface area (Å²) in [5, 5.41) is 16.4. The molecule has 6 aromatic rings. The number of azide groups is 1. The number of carbonyl (C=O) groups is 2. The van der Waals surface area contributed by atoms with E-state index < -0.39 is 73.1 Å². The predicted octanol–water partition coefficient (Wildman–Crippen LogP) is 8.35. The van der Waals surface area contributed by atoms with Gasteiger partial charge in [0, 0.05) is 4.91 Å². The number of aliphatic hydroxyl groups excluding tert-OH is 1. The van der Waals surface area contributed by atoms with E-state index in [0.29, 0.717) is 0 Å². The standard InChI is InChI=1S/C55H54N4O11/c56-58-57-46-50(66-33-40-24-12-4-13-25-40)48(65-32-39-22-10-3-11-23-39)44(35-63-30-37-18-6-1-7-19-37)69-55(46)70-49-45(36-64-31-38-20-8-2-9-21-38)68-54(62)47(51(49)67-34-41-26-14-5-15-27-41)59-52(60)42-28-16-17-29-43(42)53(59)61/h1-29,44-51,54-55,62H,30-36H2/t44-,45-,46-,47-,48-,49-,50-,51-,54?,55+/m1/s1. The van der Waals surface area contributed by atoms with Crippen LogP contribution in [0.1, 0.15) is 48.5 Å². The molecule has 360 valence electrons. The fraction of sp³-hybridized carbons (Fsp3) is 0.309. The number of ether oxygens (including phenoxy) is 8. The number of imide groups is 1. The van der Waals surface area contributed by atoms with Gasteiger partial charge in [-0.2, -0.15) is 0 Å². The number of amides is 2. The summed E-state index contributed by atoms with van der Waals surface area (Å²) in [5.74, 6) is -1.27. The fourth-order valence-corrected chi connectivity index (χ4v) is 9.05. The predicted molar refractivity (Wildman–Crippen MR) is 255 cm³/mol. The minimum absolute atomic E-state index is 0.00249. The molecule has 10 atom stereocenters. The van der Waals surface area contributed by atoms with Crippen molar-refractivity contribution in [3.8, 4) is 0 Å². The smallest absolute Gasteiger partial charge is 0.262 e. The SMILES string of the molecule is [N-]=[N+]=N[C@H]1[C@H](O[C@H]2[C@H](OCc3ccccc3)[C@@H](N3C(=O)c4ccccc4C3=O)C(O)O[C@@H]2COCc2ccccc2)O[C@H](COCc2ccccc2)[C@@H](OCc2ccccc2)[C@@H]1OCc1ccccc1. The summed E-state index contributed by atoms with van der Waals surface area (Å²) >= 11 is 0. The number of rotatable bonds is 21. The molecule has 15 nitrogen and oxygen atoms in total. The summed E-state index contributed by atoms with van der Waals surface area (Å²) in [7, 11) is 0. The minimum atomic E-state index is -1.76. The second-order valence-corrected chi connectivity index (χ2v) is 17.2. The van der Waals surface area contributed by atoms with Crippen LogP contribution in [0.5, 0.6) is 0 Å². The average molecular weight is 947 g/mol. The van der Waals surface area contributed by atoms with E-state index in [2.05, 4.69) is 10.0 Å². The van der Waals surface area contributed by atoms with Crippen molar-refractivity contribution >= 4 is 11.8 Å². The first-order valence-electron chi connectivity index (χ1n) is 23.3. The van der Waals surface area contributed by atoms with E-state index >= 15 is 0 Å². The van der Waals surface area contributed by atoms with Gasteiger partial charge in [0.15, 0.2) is 12.6 Å². The number of carbonyl (C=O) groups excluding carboxylic acids is 2. The highest BCUT2D eigenvalue weighted by atomic mass is 16.7. The van der Waals surface area contributed by atoms with Crippen LogP contribution in [0, 0.1) is 0 Å². The van der Waals surface area contributed by atoms with Gasteiger partial charge in [-0.05, 0) is 45.5 Å². The van der Waals surface area contributed by atoms with Gasteiger partial charge in [0.25, 0.3) is 11.8 Å². The van der Waals surface area contributed by atoms with Crippen molar-refractivity contribution in [2.45, 2.75) is 94.3 Å². The molecule has 0 aliphatic carbocycles. The van der Waals surface area contributed by atoms with Gasteiger partial charge in [0.1, 0.15) is 48.7 Å². The second kappa shape index (κ2) is 23.8. The van der Waals surface area contributed by atoms with Crippen LogP contribution < -0.4 is 0 Å². The Morgan fingerprint density at radius 2 is 0.886 bits per heavy atom. The lowest BCUT2D eigenvalue weighted by atomic mass is 9.93. The van der Waals surface area contributed by atoms with Crippen molar-refractivity contribution in [3.63, 3.8) is 0 Å². The van der Waals surface area contributed by atoms with E-state index in [-0.39, 0.29) is 57.4 Å². The maximum Gasteiger partial charge on any atom is 0.262 e. The molecule has 0 bridgehead atoms. The molecular formula is C55H54N4O11. The van der Waals surface area contributed by atoms with E-state index in [9.17, 15) is 20.2 Å². The molecule has 3 aliphatic heterocycles. The summed E-state index contributed by atoms with van der Waals surface area (Å²) in [6.45, 7) is 0.536. The van der Waals surface area contributed by atoms with Gasteiger partial charge in [0.2, 0.25) is 0 Å². The summed E-state index contributed by atoms with van der Waals surface area (Å²) in [6.07, 6.45) is -9.58. The first kappa shape index (κ1) is 48.4. The van der Waals surface area contributed by atoms with Crippen LogP contribution in [0.4, 0.5) is 0 Å². The highest BCUT2D eigenvalue weighted by Crippen LogP contribution is 2.38. The molecule has 0 radical (unpaired) electrons. The Hall–Kier alpha value is -6.59. The monoisotopic (exact) mass is 946 g/mol. The largest absolute Gasteiger partial charge is 0.374 e. The van der Waals surface area contributed by atoms with Crippen molar-refractivity contribution in [1.82, 2.24) is 4.90 Å². The van der Waals surface area contributed by atoms with Gasteiger partial charge in [0.05, 0.1) is 57.4 Å². The Balaban J connectivity index is 1.10. The number of fused-ring (bicyclic) bond motifs is 1. The molecular weight excluding hydrogens is 893 g/mol. The normalized spacial score (nSPS) is 25.3. The second-order valence-electron chi connectivity index (χ2n) is 17.2. The van der Waals surface area contributed by atoms with Gasteiger partial charge in [-0.25, -0.2) is 0 Å². The molecule has 2 fully saturated rings. The molecule has 0 spiro atoms. The quantitative estimate of drug-likeness (QED) is 0.0317. The molecule has 3 heterocycles. The number of benzene rings is 6. The zero-order chi connectivity index (χ0) is 48.1. The van der Waals surface area contributed by atoms with Crippen molar-refractivity contribution in [3.05, 3.63) is 225 Å². The third-order valence-corrected chi connectivity index (χ3v) is 12.5. The molecule has 6 aromatic carbocycles. The summed E-state index contributed by atoms with van der Waals surface area (Å²) in [4.78, 5) is 32.8. The highest BCUT2D eigenvalue weighted by molar-refractivity contribution is 6.21. The summed E-state index contributed by atoms with van der Waals surface area (Å²) in [5.41, 5.74) is 15.0. The third-order valence-electron chi connectivity index (χ3n) is 12.5. The zero-order valence-corrected chi connectivity index (χ0v) is 38.3. The van der Waals surface area contributed by atoms with E-state index in [0.717, 1.165) is 32.7 Å². The van der Waals surface area contributed by atoms with Crippen molar-refractivity contribution in [2.75, 3.05) is 13.2 Å². The molecule has 0 saturated carbocycles. The van der Waals surface area contributed by atoms with E-state index in [1.165, 1.54) is 0 Å². The van der Waals surface area contributed by atoms with Crippen molar-refractivity contribution in [2.24, 2.45) is 5.11 Å². The molecule has 1 unspecified atom stereocenters. The molecule has 15 heteroatoms. The van der Waals surface area contributed by atoms with Crippen LogP contribution in [-0.2, 0) is 70.9 Å². The van der Waals surface area contributed by atoms with Crippen LogP contribution in [0.25, 0.3) is 10.4 Å². The van der Waals surface area contributed by atoms with Gasteiger partial charge in [-0.3, -0.25) is 14.5 Å². The average Bonchev–Trinajstić information content (AvgIpc) is 3.65. The van der Waals surface area contributed by atoms with E-state index in [1.807, 2.05) is 152 Å². The van der Waals surface area contributed by atoms with Crippen LogP contribution in [-0.4, -0.2) is 96.3 Å². The molecule has 1 N–H and O–H groups in total. The minimum Gasteiger partial charge on any atom is -0.374 e. The number of aliphatic hydroxyl groups is 1. The molecule has 2 amide bonds. The molecule has 2 saturated heterocycles. The fourth-order valence-electron chi connectivity index (χ4n) is 9.05. The maximum atomic E-state index is 14.3. The van der Waals surface area contributed by atoms with Crippen LogP contribution in [0.2, 0.25) is 0 Å². The Morgan fingerprint density at radius 3 is 1.33 bits per heavy atom. The number of hydrogen-bond donors (Lipinski definition) is 1. The Morgan fingerprint density at radius 1 is 0.500 bits per heavy atom. The van der Waals surface area contributed by atoms with Crippen molar-refractivity contribution < 1.29 is 52.6 Å². The van der Waals surface area contributed by atoms with Crippen LogP contribution in [0.15, 0.2) is 181 Å². The first-order valence-corrected chi connectivity index (χ1v) is 23.3. The maximum absolute atomic E-state index is 14.3. The first-order chi connectivity index (χ1) is 34.4. The van der Waals surface area contributed by atoms with E-state index in [4.69, 9.17) is 37.9 Å². The molecule has 0 aromatic heterocycles. The van der Waals surface area contributed by atoms with Crippen molar-refractivity contribution in [1.29, 1.82) is 0 Å². The Bertz CT molecular complexity index is 2610. The van der Waals surface area contributed by atoms with Crippen LogP contribution >= 0.6 is 0 Å². The lowest BCUT2D eigenvalue weighted by Crippen LogP contribution is -2.68. The highest BCUT2D eigenvalue weighted by Gasteiger charge is 2.57. The number of nitrogens with zero attached hydrogens (tertiary/aromatic N) is 4. The Kier molecular flexibility index (Phi) is 16.5. The molecule has 3 aliphatic rings. The lowest BCUT2D eigenvalue weighted by Gasteiger charge is -2.50. The number of hydrogen-bond acceptors (Lipinski definition) is 12.